The number of nitrogens with one attached hydrogen (secondary N) is 3. The number of piperidine rings is 1. The van der Waals surface area contributed by atoms with E-state index < -0.39 is 12.1 Å². The van der Waals surface area contributed by atoms with Crippen LogP contribution in [0.1, 0.15) is 71.3 Å². The van der Waals surface area contributed by atoms with Gasteiger partial charge in [-0.2, -0.15) is 0 Å². The fourth-order valence-corrected chi connectivity index (χ4v) is 6.73. The van der Waals surface area contributed by atoms with E-state index in [1.54, 1.807) is 19.1 Å². The van der Waals surface area contributed by atoms with Gasteiger partial charge in [0.25, 0.3) is 0 Å². The van der Waals surface area contributed by atoms with Crippen LogP contribution >= 0.6 is 0 Å². The second-order valence-electron chi connectivity index (χ2n) is 12.0. The molecule has 7 nitrogen and oxygen atoms in total. The first-order valence-electron chi connectivity index (χ1n) is 14.5. The molecule has 38 heavy (non-hydrogen) atoms. The highest BCUT2D eigenvalue weighted by Gasteiger charge is 2.46. The van der Waals surface area contributed by atoms with Crippen LogP contribution < -0.4 is 16.0 Å². The van der Waals surface area contributed by atoms with Gasteiger partial charge in [0.15, 0.2) is 0 Å². The van der Waals surface area contributed by atoms with Crippen molar-refractivity contribution < 1.29 is 18.8 Å². The standard InChI is InChI=1S/C30H45FN4O3/c1-20(2)26-18-32-19-27(33-26)28(37)34-25(17-22-9-11-24(31)12-10-22)29(38)35-15-13-30(14-16-35,21(3)36)23-7-5-4-6-8-23/h9-12,20,23,25-27,32-33H,4-8,13-19H2,1-3H3,(H,34,37)/t25-,26?,27-/m1/s1. The Morgan fingerprint density at radius 2 is 1.71 bits per heavy atom. The third-order valence-electron chi connectivity index (χ3n) is 9.27. The third kappa shape index (κ3) is 6.63. The zero-order chi connectivity index (χ0) is 27.3. The molecule has 0 spiro atoms. The molecule has 1 aliphatic carbocycles. The van der Waals surface area contributed by atoms with E-state index in [9.17, 15) is 18.8 Å². The predicted molar refractivity (Wildman–Crippen MR) is 146 cm³/mol. The van der Waals surface area contributed by atoms with Crippen LogP contribution in [0.2, 0.25) is 0 Å². The Labute approximate surface area is 226 Å². The van der Waals surface area contributed by atoms with Crippen LogP contribution in [0.4, 0.5) is 4.39 Å². The second kappa shape index (κ2) is 12.7. The van der Waals surface area contributed by atoms with Crippen molar-refractivity contribution in [1.29, 1.82) is 0 Å². The topological polar surface area (TPSA) is 90.5 Å². The average Bonchev–Trinajstić information content (AvgIpc) is 2.94. The van der Waals surface area contributed by atoms with Gasteiger partial charge in [0.2, 0.25) is 11.8 Å². The number of piperazine rings is 1. The van der Waals surface area contributed by atoms with E-state index in [1.165, 1.54) is 31.4 Å². The van der Waals surface area contributed by atoms with Gasteiger partial charge in [0, 0.05) is 44.1 Å². The Hall–Kier alpha value is -2.32. The van der Waals surface area contributed by atoms with Crippen molar-refractivity contribution in [2.75, 3.05) is 26.2 Å². The highest BCUT2D eigenvalue weighted by atomic mass is 19.1. The molecule has 210 valence electrons. The third-order valence-corrected chi connectivity index (χ3v) is 9.27. The Balaban J connectivity index is 1.47. The predicted octanol–water partition coefficient (Wildman–Crippen LogP) is 3.22. The quantitative estimate of drug-likeness (QED) is 0.482. The lowest BCUT2D eigenvalue weighted by Gasteiger charge is -2.47. The van der Waals surface area contributed by atoms with E-state index in [2.05, 4.69) is 29.8 Å². The number of hydrogen-bond acceptors (Lipinski definition) is 5. The molecule has 3 atom stereocenters. The maximum absolute atomic E-state index is 13.8. The summed E-state index contributed by atoms with van der Waals surface area (Å²) in [6, 6.07) is 5.07. The smallest absolute Gasteiger partial charge is 0.245 e. The van der Waals surface area contributed by atoms with Crippen LogP contribution in [0.5, 0.6) is 0 Å². The molecule has 8 heteroatoms. The van der Waals surface area contributed by atoms with Gasteiger partial charge in [0.1, 0.15) is 17.6 Å². The van der Waals surface area contributed by atoms with E-state index >= 15 is 0 Å². The fourth-order valence-electron chi connectivity index (χ4n) is 6.73. The van der Waals surface area contributed by atoms with Crippen LogP contribution in [0.3, 0.4) is 0 Å². The largest absolute Gasteiger partial charge is 0.343 e. The monoisotopic (exact) mass is 528 g/mol. The minimum atomic E-state index is -0.756. The lowest BCUT2D eigenvalue weighted by atomic mass is 9.62. The van der Waals surface area contributed by atoms with Gasteiger partial charge in [0.05, 0.1) is 6.04 Å². The summed E-state index contributed by atoms with van der Waals surface area (Å²) in [6.07, 6.45) is 7.43. The minimum Gasteiger partial charge on any atom is -0.343 e. The van der Waals surface area contributed by atoms with E-state index in [0.717, 1.165) is 24.9 Å². The number of carbonyl (C=O) groups is 3. The molecule has 3 fully saturated rings. The molecule has 1 unspecified atom stereocenters. The van der Waals surface area contributed by atoms with E-state index in [4.69, 9.17) is 0 Å². The first-order valence-corrected chi connectivity index (χ1v) is 14.5. The van der Waals surface area contributed by atoms with Gasteiger partial charge < -0.3 is 20.9 Å². The molecule has 2 heterocycles. The summed E-state index contributed by atoms with van der Waals surface area (Å²) in [5, 5.41) is 9.77. The molecule has 0 aromatic heterocycles. The summed E-state index contributed by atoms with van der Waals surface area (Å²) in [4.78, 5) is 41.9. The summed E-state index contributed by atoms with van der Waals surface area (Å²) in [5.41, 5.74) is 0.452. The Morgan fingerprint density at radius 1 is 1.05 bits per heavy atom. The molecule has 3 aliphatic rings. The molecule has 2 aliphatic heterocycles. The molecule has 0 bridgehead atoms. The lowest BCUT2D eigenvalue weighted by Crippen LogP contribution is -2.64. The van der Waals surface area contributed by atoms with Crippen molar-refractivity contribution in [2.24, 2.45) is 17.3 Å². The highest BCUT2D eigenvalue weighted by molar-refractivity contribution is 5.90. The van der Waals surface area contributed by atoms with E-state index in [1.807, 2.05) is 4.90 Å². The molecule has 0 radical (unpaired) electrons. The van der Waals surface area contributed by atoms with Crippen LogP contribution in [-0.4, -0.2) is 66.8 Å². The SMILES string of the molecule is CC(=O)C1(C2CCCCC2)CCN(C(=O)[C@@H](Cc2ccc(F)cc2)NC(=O)[C@H]2CNCC(C(C)C)N2)CC1. The Bertz CT molecular complexity index is 968. The summed E-state index contributed by atoms with van der Waals surface area (Å²) < 4.78 is 13.5. The van der Waals surface area contributed by atoms with E-state index in [-0.39, 0.29) is 41.3 Å². The van der Waals surface area contributed by atoms with Crippen molar-refractivity contribution >= 4 is 17.6 Å². The summed E-state index contributed by atoms with van der Waals surface area (Å²) >= 11 is 0. The van der Waals surface area contributed by atoms with Crippen LogP contribution in [-0.2, 0) is 20.8 Å². The molecule has 1 aromatic carbocycles. The maximum Gasteiger partial charge on any atom is 0.245 e. The highest BCUT2D eigenvalue weighted by Crippen LogP contribution is 2.46. The van der Waals surface area contributed by atoms with Crippen molar-refractivity contribution in [3.05, 3.63) is 35.6 Å². The molecule has 1 saturated carbocycles. The van der Waals surface area contributed by atoms with Crippen molar-refractivity contribution in [3.8, 4) is 0 Å². The molecule has 2 saturated heterocycles. The number of halogens is 1. The van der Waals surface area contributed by atoms with Crippen LogP contribution in [0.15, 0.2) is 24.3 Å². The average molecular weight is 529 g/mol. The van der Waals surface area contributed by atoms with Crippen LogP contribution in [0, 0.1) is 23.1 Å². The van der Waals surface area contributed by atoms with Gasteiger partial charge in [-0.1, -0.05) is 45.2 Å². The van der Waals surface area contributed by atoms with Gasteiger partial charge in [-0.15, -0.1) is 0 Å². The van der Waals surface area contributed by atoms with Crippen LogP contribution in [0.25, 0.3) is 0 Å². The fraction of sp³-hybridized carbons (Fsp3) is 0.700. The number of ketones is 1. The Kier molecular flexibility index (Phi) is 9.58. The number of Topliss-reactive ketones (excluding diaryl/α,β-unsaturated/α-hetero) is 1. The number of likely N-dealkylation sites (tertiary alicyclic amines) is 1. The lowest BCUT2D eigenvalue weighted by molar-refractivity contribution is -0.144. The molecule has 4 rings (SSSR count). The minimum absolute atomic E-state index is 0.132. The van der Waals surface area contributed by atoms with Gasteiger partial charge >= 0.3 is 0 Å². The summed E-state index contributed by atoms with van der Waals surface area (Å²) in [5.74, 6) is 0.349. The maximum atomic E-state index is 13.8. The number of carbonyl (C=O) groups excluding carboxylic acids is 3. The molecule has 3 N–H and O–H groups in total. The molecular weight excluding hydrogens is 483 g/mol. The zero-order valence-electron chi connectivity index (χ0n) is 23.2. The first-order chi connectivity index (χ1) is 18.2. The first kappa shape index (κ1) is 28.7. The molecular formula is C30H45FN4O3. The van der Waals surface area contributed by atoms with Crippen molar-refractivity contribution in [3.63, 3.8) is 0 Å². The van der Waals surface area contributed by atoms with Crippen molar-refractivity contribution in [2.45, 2.75) is 90.3 Å². The molecule has 2 amide bonds. The summed E-state index contributed by atoms with van der Waals surface area (Å²) in [6.45, 7) is 8.29. The van der Waals surface area contributed by atoms with Gasteiger partial charge in [-0.3, -0.25) is 14.4 Å². The molecule has 1 aromatic rings. The number of nitrogens with zero attached hydrogens (tertiary/aromatic N) is 1. The normalized spacial score (nSPS) is 25.1. The second-order valence-corrected chi connectivity index (χ2v) is 12.0. The summed E-state index contributed by atoms with van der Waals surface area (Å²) in [7, 11) is 0. The Morgan fingerprint density at radius 3 is 2.32 bits per heavy atom. The van der Waals surface area contributed by atoms with E-state index in [0.29, 0.717) is 44.3 Å². The number of amides is 2. The van der Waals surface area contributed by atoms with Crippen molar-refractivity contribution in [1.82, 2.24) is 20.9 Å². The number of hydrogen-bond donors (Lipinski definition) is 3. The number of rotatable bonds is 8. The zero-order valence-corrected chi connectivity index (χ0v) is 23.2. The van der Waals surface area contributed by atoms with Gasteiger partial charge in [-0.05, 0) is 62.1 Å². The number of benzene rings is 1. The van der Waals surface area contributed by atoms with Gasteiger partial charge in [-0.25, -0.2) is 4.39 Å².